The average Bonchev–Trinajstić information content (AvgIpc) is 2.31. The van der Waals surface area contributed by atoms with E-state index in [0.29, 0.717) is 12.0 Å². The molecule has 1 aromatic rings. The first-order valence-corrected chi connectivity index (χ1v) is 6.48. The van der Waals surface area contributed by atoms with Gasteiger partial charge >= 0.3 is 6.09 Å². The van der Waals surface area contributed by atoms with Crippen LogP contribution in [0, 0.1) is 0 Å². The van der Waals surface area contributed by atoms with E-state index >= 15 is 0 Å². The number of fused-ring (bicyclic) bond motifs is 1. The molecule has 0 heterocycles. The van der Waals surface area contributed by atoms with E-state index in [-0.39, 0.29) is 5.78 Å². The predicted molar refractivity (Wildman–Crippen MR) is 72.3 cm³/mol. The minimum Gasteiger partial charge on any atom is -0.444 e. The highest BCUT2D eigenvalue weighted by molar-refractivity contribution is 6.03. The van der Waals surface area contributed by atoms with E-state index in [9.17, 15) is 9.59 Å². The molecule has 1 aliphatic rings. The molecule has 4 nitrogen and oxygen atoms in total. The summed E-state index contributed by atoms with van der Waals surface area (Å²) >= 11 is 0. The number of carbonyl (C=O) groups excluding carboxylic acids is 2. The van der Waals surface area contributed by atoms with Gasteiger partial charge in [-0.05, 0) is 39.2 Å². The van der Waals surface area contributed by atoms with Gasteiger partial charge in [-0.1, -0.05) is 24.3 Å². The van der Waals surface area contributed by atoms with Gasteiger partial charge in [-0.3, -0.25) is 4.79 Å². The van der Waals surface area contributed by atoms with E-state index in [1.807, 2.05) is 18.2 Å². The lowest BCUT2D eigenvalue weighted by Crippen LogP contribution is -2.45. The Morgan fingerprint density at radius 1 is 1.32 bits per heavy atom. The van der Waals surface area contributed by atoms with Gasteiger partial charge in [0.25, 0.3) is 0 Å². The van der Waals surface area contributed by atoms with Gasteiger partial charge in [-0.2, -0.15) is 0 Å². The summed E-state index contributed by atoms with van der Waals surface area (Å²) in [5.41, 5.74) is 1.20. The summed E-state index contributed by atoms with van der Waals surface area (Å²) in [4.78, 5) is 23.9. The van der Waals surface area contributed by atoms with Crippen molar-refractivity contribution in [1.82, 2.24) is 5.32 Å². The molecule has 4 heteroatoms. The fourth-order valence-corrected chi connectivity index (χ4v) is 2.18. The Hall–Kier alpha value is -1.84. The van der Waals surface area contributed by atoms with Crippen LogP contribution in [0.25, 0.3) is 0 Å². The van der Waals surface area contributed by atoms with Crippen molar-refractivity contribution in [2.75, 3.05) is 0 Å². The van der Waals surface area contributed by atoms with Crippen molar-refractivity contribution in [3.05, 3.63) is 35.4 Å². The van der Waals surface area contributed by atoms with Crippen LogP contribution in [0.3, 0.4) is 0 Å². The molecule has 0 aromatic heterocycles. The molecule has 1 atom stereocenters. The first-order valence-electron chi connectivity index (χ1n) is 6.48. The topological polar surface area (TPSA) is 55.4 Å². The van der Waals surface area contributed by atoms with Gasteiger partial charge in [0, 0.05) is 5.56 Å². The second-order valence-corrected chi connectivity index (χ2v) is 5.76. The number of alkyl carbamates (subject to hydrolysis) is 1. The summed E-state index contributed by atoms with van der Waals surface area (Å²) in [5, 5.41) is 2.66. The van der Waals surface area contributed by atoms with Crippen LogP contribution >= 0.6 is 0 Å². The number of rotatable bonds is 1. The zero-order chi connectivity index (χ0) is 14.0. The summed E-state index contributed by atoms with van der Waals surface area (Å²) in [5.74, 6) is -0.0345. The third kappa shape index (κ3) is 3.34. The lowest BCUT2D eigenvalue weighted by Gasteiger charge is -2.26. The summed E-state index contributed by atoms with van der Waals surface area (Å²) < 4.78 is 5.17. The van der Waals surface area contributed by atoms with Crippen molar-refractivity contribution in [2.24, 2.45) is 0 Å². The first-order chi connectivity index (χ1) is 8.87. The number of amides is 1. The number of hydrogen-bond donors (Lipinski definition) is 1. The van der Waals surface area contributed by atoms with Crippen LogP contribution in [0.5, 0.6) is 0 Å². The molecule has 0 fully saturated rings. The molecule has 1 aliphatic carbocycles. The van der Waals surface area contributed by atoms with Crippen molar-refractivity contribution < 1.29 is 14.3 Å². The molecule has 0 aliphatic heterocycles. The Kier molecular flexibility index (Phi) is 3.60. The first kappa shape index (κ1) is 13.6. The van der Waals surface area contributed by atoms with Gasteiger partial charge in [0.05, 0.1) is 6.04 Å². The highest BCUT2D eigenvalue weighted by atomic mass is 16.6. The number of nitrogens with one attached hydrogen (secondary N) is 1. The summed E-state index contributed by atoms with van der Waals surface area (Å²) in [6.45, 7) is 5.39. The quantitative estimate of drug-likeness (QED) is 0.845. The Balaban J connectivity index is 2.05. The Labute approximate surface area is 113 Å². The number of aryl methyl sites for hydroxylation is 1. The van der Waals surface area contributed by atoms with Crippen molar-refractivity contribution in [3.63, 3.8) is 0 Å². The van der Waals surface area contributed by atoms with Gasteiger partial charge in [-0.15, -0.1) is 0 Å². The molecule has 1 unspecified atom stereocenters. The SMILES string of the molecule is CC(C)(C)OC(=O)NC1CCc2ccccc2C1=O. The molecule has 0 saturated heterocycles. The van der Waals surface area contributed by atoms with E-state index in [1.54, 1.807) is 26.8 Å². The molecule has 102 valence electrons. The lowest BCUT2D eigenvalue weighted by molar-refractivity contribution is 0.0486. The molecule has 1 amide bonds. The Bertz CT molecular complexity index is 502. The average molecular weight is 261 g/mol. The molecule has 0 radical (unpaired) electrons. The molecule has 2 rings (SSSR count). The fraction of sp³-hybridized carbons (Fsp3) is 0.467. The minimum absolute atomic E-state index is 0.0345. The third-order valence-electron chi connectivity index (χ3n) is 2.99. The van der Waals surface area contributed by atoms with Crippen molar-refractivity contribution in [1.29, 1.82) is 0 Å². The van der Waals surface area contributed by atoms with E-state index in [1.165, 1.54) is 0 Å². The Morgan fingerprint density at radius 2 is 2.00 bits per heavy atom. The zero-order valence-corrected chi connectivity index (χ0v) is 11.5. The monoisotopic (exact) mass is 261 g/mol. The standard InChI is InChI=1S/C15H19NO3/c1-15(2,3)19-14(18)16-12-9-8-10-6-4-5-7-11(10)13(12)17/h4-7,12H,8-9H2,1-3H3,(H,16,18). The van der Waals surface area contributed by atoms with Gasteiger partial charge < -0.3 is 10.1 Å². The number of benzene rings is 1. The fourth-order valence-electron chi connectivity index (χ4n) is 2.18. The van der Waals surface area contributed by atoms with Crippen LogP contribution in [-0.4, -0.2) is 23.5 Å². The number of ketones is 1. The van der Waals surface area contributed by atoms with Crippen LogP contribution in [-0.2, 0) is 11.2 Å². The van der Waals surface area contributed by atoms with Crippen LogP contribution in [0.1, 0.15) is 43.1 Å². The normalized spacial score (nSPS) is 18.7. The van der Waals surface area contributed by atoms with Crippen LogP contribution in [0.4, 0.5) is 4.79 Å². The number of ether oxygens (including phenoxy) is 1. The predicted octanol–water partition coefficient (Wildman–Crippen LogP) is 2.71. The second kappa shape index (κ2) is 5.03. The highest BCUT2D eigenvalue weighted by Gasteiger charge is 2.29. The van der Waals surface area contributed by atoms with Gasteiger partial charge in [0.2, 0.25) is 0 Å². The lowest BCUT2D eigenvalue weighted by atomic mass is 9.87. The van der Waals surface area contributed by atoms with E-state index < -0.39 is 17.7 Å². The molecule has 1 aromatic carbocycles. The Morgan fingerprint density at radius 3 is 2.68 bits per heavy atom. The molecule has 0 saturated carbocycles. The molecular weight excluding hydrogens is 242 g/mol. The zero-order valence-electron chi connectivity index (χ0n) is 11.5. The number of Topliss-reactive ketones (excluding diaryl/α,β-unsaturated/α-hetero) is 1. The van der Waals surface area contributed by atoms with Crippen LogP contribution in [0.2, 0.25) is 0 Å². The summed E-state index contributed by atoms with van der Waals surface area (Å²) in [6, 6.07) is 7.04. The number of hydrogen-bond acceptors (Lipinski definition) is 3. The van der Waals surface area contributed by atoms with E-state index in [2.05, 4.69) is 5.32 Å². The molecule has 1 N–H and O–H groups in total. The van der Waals surface area contributed by atoms with E-state index in [0.717, 1.165) is 12.0 Å². The molecule has 19 heavy (non-hydrogen) atoms. The smallest absolute Gasteiger partial charge is 0.408 e. The van der Waals surface area contributed by atoms with Crippen LogP contribution < -0.4 is 5.32 Å². The maximum atomic E-state index is 12.2. The molecule has 0 bridgehead atoms. The molecule has 0 spiro atoms. The van der Waals surface area contributed by atoms with Crippen molar-refractivity contribution in [2.45, 2.75) is 45.3 Å². The van der Waals surface area contributed by atoms with Crippen LogP contribution in [0.15, 0.2) is 24.3 Å². The second-order valence-electron chi connectivity index (χ2n) is 5.76. The van der Waals surface area contributed by atoms with E-state index in [4.69, 9.17) is 4.74 Å². The van der Waals surface area contributed by atoms with Gasteiger partial charge in [-0.25, -0.2) is 4.79 Å². The third-order valence-corrected chi connectivity index (χ3v) is 2.99. The molecular formula is C15H19NO3. The maximum absolute atomic E-state index is 12.2. The van der Waals surface area contributed by atoms with Crippen molar-refractivity contribution >= 4 is 11.9 Å². The highest BCUT2D eigenvalue weighted by Crippen LogP contribution is 2.21. The maximum Gasteiger partial charge on any atom is 0.408 e. The summed E-state index contributed by atoms with van der Waals surface area (Å²) in [7, 11) is 0. The number of carbonyl (C=O) groups is 2. The van der Waals surface area contributed by atoms with Gasteiger partial charge in [0.15, 0.2) is 5.78 Å². The van der Waals surface area contributed by atoms with Crippen molar-refractivity contribution in [3.8, 4) is 0 Å². The largest absolute Gasteiger partial charge is 0.444 e. The minimum atomic E-state index is -0.556. The summed E-state index contributed by atoms with van der Waals surface area (Å²) in [6.07, 6.45) is 0.877. The van der Waals surface area contributed by atoms with Gasteiger partial charge in [0.1, 0.15) is 5.60 Å².